The van der Waals surface area contributed by atoms with Crippen molar-refractivity contribution in [2.45, 2.75) is 14.9 Å². The highest BCUT2D eigenvalue weighted by Gasteiger charge is 0.840. The first kappa shape index (κ1) is 65.1. The zero-order chi connectivity index (χ0) is 6.00. The lowest BCUT2D eigenvalue weighted by atomic mass is 10.8. The maximum atomic E-state index is 4.50. The van der Waals surface area contributed by atoms with Crippen LogP contribution in [0.3, 0.4) is 0 Å². The van der Waals surface area contributed by atoms with E-state index in [1.165, 1.54) is 21.1 Å². The van der Waals surface area contributed by atoms with E-state index >= 15 is 0 Å². The van der Waals surface area contributed by atoms with E-state index in [-0.39, 0.29) is 23.3 Å². The summed E-state index contributed by atoms with van der Waals surface area (Å²) in [5, 5.41) is 0. The minimum absolute atomic E-state index is 0. The molecule has 0 amide bonds. The Bertz CT molecular complexity index is 12.2. The molecule has 0 aliphatic heterocycles. The molecule has 0 saturated heterocycles. The van der Waals surface area contributed by atoms with E-state index < -0.39 is 0 Å². The lowest BCUT2D eigenvalue weighted by Crippen LogP contribution is -1.69. The molecule has 0 saturated carbocycles. The van der Waals surface area contributed by atoms with Crippen LogP contribution in [0.15, 0.2) is 0 Å². The first-order valence-electron chi connectivity index (χ1n) is 1.73. The molecule has 0 atom stereocenters. The van der Waals surface area contributed by atoms with Gasteiger partial charge in [-0.2, -0.15) is 0 Å². The van der Waals surface area contributed by atoms with Crippen molar-refractivity contribution in [1.29, 1.82) is 0 Å². The zero-order valence-electron chi connectivity index (χ0n) is 5.31. The fraction of sp³-hybridized carbons (Fsp3) is 1.00. The quantitative estimate of drug-likeness (QED) is 0.397. The van der Waals surface area contributed by atoms with Crippen LogP contribution in [0.1, 0.15) is 14.9 Å². The van der Waals surface area contributed by atoms with Crippen LogP contribution in [0.5, 0.6) is 0 Å². The molecule has 0 aliphatic rings. The van der Waals surface area contributed by atoms with Crippen molar-refractivity contribution in [2.24, 2.45) is 17.2 Å². The van der Waals surface area contributed by atoms with E-state index in [9.17, 15) is 0 Å². The highest BCUT2D eigenvalue weighted by Crippen LogP contribution is 0.473. The molecule has 0 unspecified atom stereocenters. The van der Waals surface area contributed by atoms with Gasteiger partial charge in [0, 0.05) is 8.41 Å². The smallest absolute Gasteiger partial charge is 0 e. The van der Waals surface area contributed by atoms with E-state index in [1.807, 2.05) is 0 Å². The molecule has 0 aliphatic carbocycles. The fourth-order valence-electron chi connectivity index (χ4n) is 0. The minimum Gasteiger partial charge on any atom is -0.333 e. The first-order chi connectivity index (χ1) is 3.00. The molecule has 0 rings (SSSR count). The Morgan fingerprint density at radius 2 is 0.556 bits per heavy atom. The van der Waals surface area contributed by atoms with Crippen LogP contribution in [0.4, 0.5) is 0 Å². The van der Waals surface area contributed by atoms with Crippen molar-refractivity contribution in [1.82, 2.24) is 0 Å². The van der Waals surface area contributed by atoms with Gasteiger partial charge in [0.15, 0.2) is 0 Å². The molecule has 4 heteroatoms. The van der Waals surface area contributed by atoms with Gasteiger partial charge in [0.25, 0.3) is 0 Å². The van der Waals surface area contributed by atoms with E-state index in [4.69, 9.17) is 0 Å². The van der Waals surface area contributed by atoms with Crippen molar-refractivity contribution in [3.8, 4) is 0 Å². The summed E-state index contributed by atoms with van der Waals surface area (Å²) in [5.74, 6) is 0. The Labute approximate surface area is 62.6 Å². The van der Waals surface area contributed by atoms with Crippen LogP contribution in [0, 0.1) is 0 Å². The fourth-order valence-corrected chi connectivity index (χ4v) is 0. The molecule has 3 nitrogen and oxygen atoms in total. The van der Waals surface area contributed by atoms with E-state index in [1.54, 1.807) is 0 Å². The van der Waals surface area contributed by atoms with Crippen molar-refractivity contribution >= 4 is 8.41 Å². The summed E-state index contributed by atoms with van der Waals surface area (Å²) < 4.78 is 0. The molecule has 0 aromatic rings. The average Bonchev–Trinajstić information content (AvgIpc) is 1.81. The predicted molar refractivity (Wildman–Crippen MR) is 49.6 cm³/mol. The summed E-state index contributed by atoms with van der Waals surface area (Å²) in [6.45, 7) is 0. The third kappa shape index (κ3) is 92600. The van der Waals surface area contributed by atoms with Gasteiger partial charge in [-0.3, -0.25) is 0 Å². The second-order valence-corrected chi connectivity index (χ2v) is 0. The first-order valence-corrected chi connectivity index (χ1v) is 1.73. The van der Waals surface area contributed by atoms with Gasteiger partial charge in [-0.1, -0.05) is 14.9 Å². The molecule has 61 valence electrons. The molecular formula is C5H23BN3. The molecule has 3 radical (unpaired) electrons. The number of nitrogens with two attached hydrogens (primary N) is 3. The highest BCUT2D eigenvalue weighted by molar-refractivity contribution is 5.75. The van der Waals surface area contributed by atoms with E-state index in [2.05, 4.69) is 17.2 Å². The molecule has 0 bridgehead atoms. The van der Waals surface area contributed by atoms with E-state index in [0.717, 1.165) is 0 Å². The Hall–Kier alpha value is -0.0551. The third-order valence-corrected chi connectivity index (χ3v) is 0. The lowest BCUT2D eigenvalue weighted by molar-refractivity contribution is 1.48. The summed E-state index contributed by atoms with van der Waals surface area (Å²) in [5.41, 5.74) is 13.5. The highest BCUT2D eigenvalue weighted by atomic mass is 14.4. The predicted octanol–water partition coefficient (Wildman–Crippen LogP) is -0.384. The second-order valence-electron chi connectivity index (χ2n) is 0. The van der Waals surface area contributed by atoms with Gasteiger partial charge in [0.05, 0.1) is 0 Å². The summed E-state index contributed by atoms with van der Waals surface area (Å²) in [6.07, 6.45) is 0. The second kappa shape index (κ2) is 126000. The Morgan fingerprint density at radius 1 is 0.556 bits per heavy atom. The van der Waals surface area contributed by atoms with Crippen molar-refractivity contribution in [2.75, 3.05) is 21.1 Å². The van der Waals surface area contributed by atoms with Crippen LogP contribution in [-0.2, 0) is 0 Å². The standard InChI is InChI=1S/3CH5N.2CH4.B/c3*1-2;;;/h3*2H2,1H3;2*1H4;. The average molecular weight is 136 g/mol. The van der Waals surface area contributed by atoms with Gasteiger partial charge in [-0.15, -0.1) is 0 Å². The normalized spacial score (nSPS) is 2.00. The van der Waals surface area contributed by atoms with Crippen molar-refractivity contribution < 1.29 is 0 Å². The Morgan fingerprint density at radius 3 is 0.556 bits per heavy atom. The molecule has 0 aromatic heterocycles. The largest absolute Gasteiger partial charge is 0.333 e. The van der Waals surface area contributed by atoms with E-state index in [0.29, 0.717) is 0 Å². The summed E-state index contributed by atoms with van der Waals surface area (Å²) >= 11 is 0. The molecule has 0 aromatic carbocycles. The van der Waals surface area contributed by atoms with Crippen LogP contribution in [-0.4, -0.2) is 29.6 Å². The van der Waals surface area contributed by atoms with Crippen LogP contribution in [0.2, 0.25) is 0 Å². The Kier molecular flexibility index (Phi) is 914000. The maximum Gasteiger partial charge on any atom is 0 e. The molecule has 6 N–H and O–H groups in total. The Balaban J connectivity index is -0.00000000321. The molecular weight excluding hydrogens is 113 g/mol. The topological polar surface area (TPSA) is 78.1 Å². The zero-order valence-corrected chi connectivity index (χ0v) is 5.31. The van der Waals surface area contributed by atoms with Gasteiger partial charge in [0.1, 0.15) is 0 Å². The number of rotatable bonds is 0. The monoisotopic (exact) mass is 136 g/mol. The molecule has 0 fully saturated rings. The summed E-state index contributed by atoms with van der Waals surface area (Å²) in [4.78, 5) is 0. The minimum atomic E-state index is 0. The lowest BCUT2D eigenvalue weighted by Gasteiger charge is -1.19. The van der Waals surface area contributed by atoms with Crippen molar-refractivity contribution in [3.63, 3.8) is 0 Å². The van der Waals surface area contributed by atoms with Gasteiger partial charge in [0.2, 0.25) is 0 Å². The summed E-state index contributed by atoms with van der Waals surface area (Å²) in [6, 6.07) is 0. The third-order valence-electron chi connectivity index (χ3n) is 0. The van der Waals surface area contributed by atoms with Gasteiger partial charge in [-0.25, -0.2) is 0 Å². The number of hydrogen-bond acceptors (Lipinski definition) is 3. The summed E-state index contributed by atoms with van der Waals surface area (Å²) in [7, 11) is 4.50. The van der Waals surface area contributed by atoms with Crippen molar-refractivity contribution in [3.05, 3.63) is 0 Å². The van der Waals surface area contributed by atoms with Gasteiger partial charge in [-0.05, 0) is 21.1 Å². The molecule has 0 spiro atoms. The molecule has 9 heavy (non-hydrogen) atoms. The maximum absolute atomic E-state index is 4.50. The van der Waals surface area contributed by atoms with Crippen LogP contribution in [0.25, 0.3) is 0 Å². The molecule has 0 heterocycles. The van der Waals surface area contributed by atoms with Gasteiger partial charge >= 0.3 is 0 Å². The number of hydrogen-bond donors (Lipinski definition) is 3. The van der Waals surface area contributed by atoms with Gasteiger partial charge < -0.3 is 17.2 Å². The van der Waals surface area contributed by atoms with Crippen LogP contribution < -0.4 is 17.2 Å². The van der Waals surface area contributed by atoms with Crippen LogP contribution >= 0.6 is 0 Å². The SMILES string of the molecule is C.C.CN.CN.CN.[B].